The van der Waals surface area contributed by atoms with E-state index in [0.29, 0.717) is 15.7 Å². The predicted octanol–water partition coefficient (Wildman–Crippen LogP) is 4.57. The summed E-state index contributed by atoms with van der Waals surface area (Å²) in [7, 11) is -4.36. The lowest BCUT2D eigenvalue weighted by Crippen LogP contribution is -2.41. The number of amides is 2. The van der Waals surface area contributed by atoms with Crippen molar-refractivity contribution >= 4 is 44.5 Å². The summed E-state index contributed by atoms with van der Waals surface area (Å²) in [6.45, 7) is 5.93. The number of imide groups is 1. The normalized spacial score (nSPS) is 14.1. The highest BCUT2D eigenvalue weighted by Crippen LogP contribution is 2.37. The van der Waals surface area contributed by atoms with Crippen LogP contribution in [0.4, 0.5) is 0 Å². The second-order valence-corrected chi connectivity index (χ2v) is 10.4. The van der Waals surface area contributed by atoms with Crippen molar-refractivity contribution in [1.29, 1.82) is 0 Å². The largest absolute Gasteiger partial charge is 0.318 e. The lowest BCUT2D eigenvalue weighted by atomic mass is 9.95. The molecule has 30 heavy (non-hydrogen) atoms. The second kappa shape index (κ2) is 7.54. The Hall–Kier alpha value is -2.68. The number of carbonyl (C=O) groups excluding carboxylic acids is 2. The van der Waals surface area contributed by atoms with Gasteiger partial charge in [0.05, 0.1) is 16.0 Å². The van der Waals surface area contributed by atoms with Crippen LogP contribution in [-0.4, -0.2) is 30.5 Å². The quantitative estimate of drug-likeness (QED) is 0.426. The highest BCUT2D eigenvalue weighted by atomic mass is 32.2. The molecule has 0 bridgehead atoms. The summed E-state index contributed by atoms with van der Waals surface area (Å²) >= 11 is 1.63. The van der Waals surface area contributed by atoms with Crippen LogP contribution in [0.1, 0.15) is 40.1 Å². The molecule has 154 valence electrons. The van der Waals surface area contributed by atoms with E-state index < -0.39 is 21.9 Å². The van der Waals surface area contributed by atoms with Gasteiger partial charge in [-0.15, -0.1) is 21.1 Å². The van der Waals surface area contributed by atoms with Crippen molar-refractivity contribution in [2.75, 3.05) is 0 Å². The van der Waals surface area contributed by atoms with Crippen molar-refractivity contribution in [3.63, 3.8) is 0 Å². The molecule has 0 fully saturated rings. The van der Waals surface area contributed by atoms with Crippen LogP contribution >= 0.6 is 11.8 Å². The van der Waals surface area contributed by atoms with Crippen molar-refractivity contribution < 1.29 is 22.3 Å². The van der Waals surface area contributed by atoms with E-state index in [1.807, 2.05) is 19.1 Å². The SMILES string of the molecule is Cc1ccc(S(=O)(=O)ON2C(=O)c3cccc4c(SC(C)C)ccc(c34)C2=O)cc1. The van der Waals surface area contributed by atoms with Gasteiger partial charge in [-0.05, 0) is 42.6 Å². The lowest BCUT2D eigenvalue weighted by molar-refractivity contribution is -0.0155. The number of hydrogen-bond donors (Lipinski definition) is 0. The number of rotatable bonds is 5. The standard InChI is InChI=1S/C22H19NO5S2/c1-13(2)29-19-12-11-18-20-16(19)5-4-6-17(20)21(24)23(22(18)25)28-30(26,27)15-9-7-14(3)8-10-15/h4-13H,1-3H3. The fourth-order valence-corrected chi connectivity index (χ4v) is 5.16. The smallest absolute Gasteiger partial charge is 0.266 e. The summed E-state index contributed by atoms with van der Waals surface area (Å²) in [4.78, 5) is 26.9. The van der Waals surface area contributed by atoms with E-state index in [0.717, 1.165) is 15.8 Å². The molecule has 0 radical (unpaired) electrons. The van der Waals surface area contributed by atoms with Crippen LogP contribution in [0.5, 0.6) is 0 Å². The van der Waals surface area contributed by atoms with Crippen molar-refractivity contribution in [1.82, 2.24) is 5.06 Å². The molecule has 1 aliphatic heterocycles. The van der Waals surface area contributed by atoms with Crippen LogP contribution in [-0.2, 0) is 14.4 Å². The number of benzene rings is 3. The van der Waals surface area contributed by atoms with Crippen molar-refractivity contribution in [3.05, 3.63) is 71.3 Å². The van der Waals surface area contributed by atoms with Gasteiger partial charge in [0, 0.05) is 15.5 Å². The van der Waals surface area contributed by atoms with Crippen LogP contribution in [0.25, 0.3) is 10.8 Å². The molecule has 8 heteroatoms. The van der Waals surface area contributed by atoms with E-state index >= 15 is 0 Å². The van der Waals surface area contributed by atoms with Gasteiger partial charge in [0.1, 0.15) is 0 Å². The Morgan fingerprint density at radius 3 is 2.17 bits per heavy atom. The maximum atomic E-state index is 13.0. The highest BCUT2D eigenvalue weighted by Gasteiger charge is 2.38. The first-order valence-corrected chi connectivity index (χ1v) is 11.6. The Bertz CT molecular complexity index is 1260. The van der Waals surface area contributed by atoms with Gasteiger partial charge < -0.3 is 0 Å². The van der Waals surface area contributed by atoms with Crippen LogP contribution in [0, 0.1) is 6.92 Å². The van der Waals surface area contributed by atoms with Gasteiger partial charge in [-0.2, -0.15) is 8.42 Å². The molecule has 3 aromatic carbocycles. The maximum Gasteiger partial charge on any atom is 0.318 e. The zero-order chi connectivity index (χ0) is 21.6. The van der Waals surface area contributed by atoms with Gasteiger partial charge in [0.2, 0.25) is 0 Å². The summed E-state index contributed by atoms with van der Waals surface area (Å²) in [5, 5.41) is 1.95. The van der Waals surface area contributed by atoms with Crippen molar-refractivity contribution in [3.8, 4) is 0 Å². The molecule has 0 unspecified atom stereocenters. The number of nitrogens with zero attached hydrogens (tertiary/aromatic N) is 1. The average molecular weight is 442 g/mol. The number of hydrogen-bond acceptors (Lipinski definition) is 6. The minimum Gasteiger partial charge on any atom is -0.266 e. The van der Waals surface area contributed by atoms with Crippen LogP contribution in [0.3, 0.4) is 0 Å². The molecule has 0 saturated heterocycles. The molecule has 0 aliphatic carbocycles. The van der Waals surface area contributed by atoms with Gasteiger partial charge in [-0.3, -0.25) is 9.59 Å². The summed E-state index contributed by atoms with van der Waals surface area (Å²) in [6, 6.07) is 14.5. The minimum atomic E-state index is -4.36. The lowest BCUT2D eigenvalue weighted by Gasteiger charge is -2.26. The third-order valence-corrected chi connectivity index (χ3v) is 6.95. The summed E-state index contributed by atoms with van der Waals surface area (Å²) in [5.74, 6) is -1.61. The highest BCUT2D eigenvalue weighted by molar-refractivity contribution is 8.00. The van der Waals surface area contributed by atoms with E-state index in [-0.39, 0.29) is 16.0 Å². The Labute approximate surface area is 178 Å². The van der Waals surface area contributed by atoms with Gasteiger partial charge in [-0.1, -0.05) is 43.7 Å². The molecular formula is C22H19NO5S2. The van der Waals surface area contributed by atoms with E-state index in [2.05, 4.69) is 13.8 Å². The molecule has 0 N–H and O–H groups in total. The van der Waals surface area contributed by atoms with Gasteiger partial charge >= 0.3 is 10.1 Å². The molecule has 0 saturated carbocycles. The Morgan fingerprint density at radius 2 is 1.53 bits per heavy atom. The fraction of sp³-hybridized carbons (Fsp3) is 0.182. The third-order valence-electron chi connectivity index (χ3n) is 4.68. The number of thioether (sulfide) groups is 1. The molecule has 0 spiro atoms. The first kappa shape index (κ1) is 20.6. The Kier molecular flexibility index (Phi) is 5.17. The third kappa shape index (κ3) is 3.51. The Balaban J connectivity index is 1.78. The minimum absolute atomic E-state index is 0.138. The second-order valence-electron chi connectivity index (χ2n) is 7.25. The molecular weight excluding hydrogens is 422 g/mol. The topological polar surface area (TPSA) is 80.8 Å². The van der Waals surface area contributed by atoms with Crippen LogP contribution in [0.15, 0.2) is 64.4 Å². The maximum absolute atomic E-state index is 13.0. The monoisotopic (exact) mass is 441 g/mol. The first-order chi connectivity index (χ1) is 14.2. The van der Waals surface area contributed by atoms with Crippen LogP contribution < -0.4 is 0 Å². The molecule has 1 aliphatic rings. The average Bonchev–Trinajstić information content (AvgIpc) is 2.70. The fourth-order valence-electron chi connectivity index (χ4n) is 3.32. The number of hydroxylamine groups is 2. The molecule has 3 aromatic rings. The first-order valence-electron chi connectivity index (χ1n) is 9.31. The molecule has 2 amide bonds. The van der Waals surface area contributed by atoms with Gasteiger partial charge in [-0.25, -0.2) is 0 Å². The van der Waals surface area contributed by atoms with E-state index in [1.54, 1.807) is 42.1 Å². The number of aryl methyl sites for hydroxylation is 1. The van der Waals surface area contributed by atoms with Gasteiger partial charge in [0.15, 0.2) is 0 Å². The Morgan fingerprint density at radius 1 is 0.900 bits per heavy atom. The summed E-state index contributed by atoms with van der Waals surface area (Å²) < 4.78 is 30.3. The molecule has 0 aromatic heterocycles. The number of carbonyl (C=O) groups is 2. The predicted molar refractivity (Wildman–Crippen MR) is 115 cm³/mol. The van der Waals surface area contributed by atoms with E-state index in [4.69, 9.17) is 4.28 Å². The van der Waals surface area contributed by atoms with E-state index in [1.165, 1.54) is 12.1 Å². The van der Waals surface area contributed by atoms with Gasteiger partial charge in [0.25, 0.3) is 11.8 Å². The molecule has 6 nitrogen and oxygen atoms in total. The summed E-state index contributed by atoms with van der Waals surface area (Å²) in [5.41, 5.74) is 1.33. The van der Waals surface area contributed by atoms with Crippen molar-refractivity contribution in [2.24, 2.45) is 0 Å². The zero-order valence-electron chi connectivity index (χ0n) is 16.6. The van der Waals surface area contributed by atoms with Crippen LogP contribution in [0.2, 0.25) is 0 Å². The molecule has 0 atom stereocenters. The molecule has 1 heterocycles. The molecule has 4 rings (SSSR count). The summed E-state index contributed by atoms with van der Waals surface area (Å²) in [6.07, 6.45) is 0. The zero-order valence-corrected chi connectivity index (χ0v) is 18.2. The van der Waals surface area contributed by atoms with Crippen molar-refractivity contribution in [2.45, 2.75) is 35.8 Å². The van der Waals surface area contributed by atoms with E-state index in [9.17, 15) is 18.0 Å².